The number of aryl methyl sites for hydroxylation is 1. The first-order valence-corrected chi connectivity index (χ1v) is 6.15. The van der Waals surface area contributed by atoms with Gasteiger partial charge in [-0.3, -0.25) is 15.0 Å². The Kier molecular flexibility index (Phi) is 3.04. The molecule has 6 nitrogen and oxygen atoms in total. The molecule has 2 aromatic heterocycles. The summed E-state index contributed by atoms with van der Waals surface area (Å²) in [5.74, 6) is -0.182. The van der Waals surface area contributed by atoms with Crippen LogP contribution in [0.15, 0.2) is 42.7 Å². The maximum Gasteiger partial charge on any atom is 0.259 e. The van der Waals surface area contributed by atoms with Gasteiger partial charge in [0.05, 0.1) is 17.5 Å². The Morgan fingerprint density at radius 3 is 2.80 bits per heavy atom. The molecule has 1 amide bonds. The lowest BCUT2D eigenvalue weighted by Gasteiger charge is -2.06. The molecule has 0 spiro atoms. The Morgan fingerprint density at radius 2 is 2.10 bits per heavy atom. The molecule has 0 saturated carbocycles. The number of amides is 1. The van der Waals surface area contributed by atoms with Crippen molar-refractivity contribution in [2.24, 2.45) is 0 Å². The molecular weight excluding hydrogens is 254 g/mol. The van der Waals surface area contributed by atoms with Crippen LogP contribution in [0.2, 0.25) is 0 Å². The Morgan fingerprint density at radius 1 is 1.20 bits per heavy atom. The van der Waals surface area contributed by atoms with Gasteiger partial charge in [-0.15, -0.1) is 0 Å². The van der Waals surface area contributed by atoms with Gasteiger partial charge in [-0.05, 0) is 25.1 Å². The van der Waals surface area contributed by atoms with E-state index in [-0.39, 0.29) is 5.91 Å². The van der Waals surface area contributed by atoms with Crippen molar-refractivity contribution in [1.29, 1.82) is 0 Å². The third kappa shape index (κ3) is 2.31. The van der Waals surface area contributed by atoms with Crippen molar-refractivity contribution in [3.63, 3.8) is 0 Å². The number of nitrogens with one attached hydrogen (secondary N) is 3. The van der Waals surface area contributed by atoms with Crippen molar-refractivity contribution in [2.45, 2.75) is 6.92 Å². The topological polar surface area (TPSA) is 86.5 Å². The van der Waals surface area contributed by atoms with Crippen LogP contribution in [0.3, 0.4) is 0 Å². The van der Waals surface area contributed by atoms with Crippen molar-refractivity contribution in [3.8, 4) is 11.3 Å². The van der Waals surface area contributed by atoms with Crippen LogP contribution in [0.5, 0.6) is 0 Å². The molecule has 0 aliphatic carbocycles. The molecule has 3 N–H and O–H groups in total. The average Bonchev–Trinajstić information content (AvgIpc) is 3.09. The largest absolute Gasteiger partial charge is 0.322 e. The minimum absolute atomic E-state index is 0.182. The van der Waals surface area contributed by atoms with Crippen LogP contribution in [0.1, 0.15) is 16.1 Å². The van der Waals surface area contributed by atoms with Crippen LogP contribution < -0.4 is 5.32 Å². The lowest BCUT2D eigenvalue weighted by molar-refractivity contribution is 0.102. The fourth-order valence-electron chi connectivity index (χ4n) is 1.96. The maximum absolute atomic E-state index is 12.1. The molecule has 3 rings (SSSR count). The van der Waals surface area contributed by atoms with E-state index in [1.165, 1.54) is 6.20 Å². The number of rotatable bonds is 3. The molecular formula is C14H13N5O. The van der Waals surface area contributed by atoms with Gasteiger partial charge in [0.15, 0.2) is 0 Å². The van der Waals surface area contributed by atoms with E-state index in [0.717, 1.165) is 22.6 Å². The van der Waals surface area contributed by atoms with Crippen molar-refractivity contribution in [3.05, 3.63) is 54.0 Å². The third-order valence-electron chi connectivity index (χ3n) is 3.01. The molecule has 0 bridgehead atoms. The van der Waals surface area contributed by atoms with E-state index in [0.29, 0.717) is 5.56 Å². The summed E-state index contributed by atoms with van der Waals surface area (Å²) in [7, 11) is 0. The van der Waals surface area contributed by atoms with Crippen LogP contribution >= 0.6 is 0 Å². The summed E-state index contributed by atoms with van der Waals surface area (Å²) in [6.45, 7) is 1.81. The van der Waals surface area contributed by atoms with Crippen LogP contribution in [-0.2, 0) is 0 Å². The predicted molar refractivity (Wildman–Crippen MR) is 75.3 cm³/mol. The van der Waals surface area contributed by atoms with Gasteiger partial charge < -0.3 is 5.32 Å². The van der Waals surface area contributed by atoms with Gasteiger partial charge in [0.2, 0.25) is 0 Å². The highest BCUT2D eigenvalue weighted by atomic mass is 16.1. The van der Waals surface area contributed by atoms with Crippen LogP contribution in [0.25, 0.3) is 11.3 Å². The highest BCUT2D eigenvalue weighted by Crippen LogP contribution is 2.20. The van der Waals surface area contributed by atoms with E-state index in [2.05, 4.69) is 25.7 Å². The van der Waals surface area contributed by atoms with E-state index < -0.39 is 0 Å². The van der Waals surface area contributed by atoms with Crippen LogP contribution in [-0.4, -0.2) is 26.3 Å². The van der Waals surface area contributed by atoms with Gasteiger partial charge in [0.1, 0.15) is 0 Å². The molecule has 2 heterocycles. The summed E-state index contributed by atoms with van der Waals surface area (Å²) in [5.41, 5.74) is 3.87. The SMILES string of the molecule is Cc1[nH]ncc1C(=O)Nc1cccc(-c2ccn[nH]2)c1. The second kappa shape index (κ2) is 5.00. The molecule has 0 atom stereocenters. The molecule has 0 aliphatic heterocycles. The monoisotopic (exact) mass is 267 g/mol. The second-order valence-electron chi connectivity index (χ2n) is 4.41. The van der Waals surface area contributed by atoms with Crippen molar-refractivity contribution >= 4 is 11.6 Å². The van der Waals surface area contributed by atoms with E-state index in [1.807, 2.05) is 37.3 Å². The Balaban J connectivity index is 1.83. The first kappa shape index (κ1) is 12.2. The van der Waals surface area contributed by atoms with Gasteiger partial charge in [0, 0.05) is 23.1 Å². The second-order valence-corrected chi connectivity index (χ2v) is 4.41. The average molecular weight is 267 g/mol. The zero-order chi connectivity index (χ0) is 13.9. The highest BCUT2D eigenvalue weighted by Gasteiger charge is 2.11. The minimum atomic E-state index is -0.182. The number of hydrogen-bond acceptors (Lipinski definition) is 3. The minimum Gasteiger partial charge on any atom is -0.322 e. The van der Waals surface area contributed by atoms with E-state index >= 15 is 0 Å². The summed E-state index contributed by atoms with van der Waals surface area (Å²) in [6.07, 6.45) is 3.21. The Bertz CT molecular complexity index is 730. The van der Waals surface area contributed by atoms with Gasteiger partial charge in [-0.2, -0.15) is 10.2 Å². The molecule has 0 radical (unpaired) electrons. The molecule has 0 fully saturated rings. The molecule has 100 valence electrons. The van der Waals surface area contributed by atoms with Crippen molar-refractivity contribution < 1.29 is 4.79 Å². The Labute approximate surface area is 115 Å². The summed E-state index contributed by atoms with van der Waals surface area (Å²) in [5, 5.41) is 16.3. The molecule has 6 heteroatoms. The lowest BCUT2D eigenvalue weighted by Crippen LogP contribution is -2.12. The summed E-state index contributed by atoms with van der Waals surface area (Å²) < 4.78 is 0. The number of benzene rings is 1. The number of carbonyl (C=O) groups excluding carboxylic acids is 1. The molecule has 0 unspecified atom stereocenters. The van der Waals surface area contributed by atoms with Gasteiger partial charge in [-0.25, -0.2) is 0 Å². The molecule has 0 aliphatic rings. The van der Waals surface area contributed by atoms with Gasteiger partial charge >= 0.3 is 0 Å². The summed E-state index contributed by atoms with van der Waals surface area (Å²) in [6, 6.07) is 9.44. The Hall–Kier alpha value is -2.89. The van der Waals surface area contributed by atoms with E-state index in [9.17, 15) is 4.79 Å². The first-order valence-electron chi connectivity index (χ1n) is 6.15. The number of aromatic nitrogens is 4. The summed E-state index contributed by atoms with van der Waals surface area (Å²) in [4.78, 5) is 12.1. The number of anilines is 1. The maximum atomic E-state index is 12.1. The lowest BCUT2D eigenvalue weighted by atomic mass is 10.1. The molecule has 1 aromatic carbocycles. The number of hydrogen-bond donors (Lipinski definition) is 3. The van der Waals surface area contributed by atoms with Crippen molar-refractivity contribution in [1.82, 2.24) is 20.4 Å². The number of aromatic amines is 2. The van der Waals surface area contributed by atoms with Crippen molar-refractivity contribution in [2.75, 3.05) is 5.32 Å². The van der Waals surface area contributed by atoms with Crippen LogP contribution in [0, 0.1) is 6.92 Å². The standard InChI is InChI=1S/C14H13N5O/c1-9-12(8-16-18-9)14(20)17-11-4-2-3-10(7-11)13-5-6-15-19-13/h2-8H,1H3,(H,15,19)(H,16,18)(H,17,20). The van der Waals surface area contributed by atoms with E-state index in [4.69, 9.17) is 0 Å². The normalized spacial score (nSPS) is 10.4. The molecule has 3 aromatic rings. The molecule has 0 saturated heterocycles. The van der Waals surface area contributed by atoms with Gasteiger partial charge in [0.25, 0.3) is 5.91 Å². The zero-order valence-electron chi connectivity index (χ0n) is 10.8. The number of carbonyl (C=O) groups is 1. The highest BCUT2D eigenvalue weighted by molar-refractivity contribution is 6.05. The molecule has 20 heavy (non-hydrogen) atoms. The zero-order valence-corrected chi connectivity index (χ0v) is 10.8. The van der Waals surface area contributed by atoms with E-state index in [1.54, 1.807) is 6.20 Å². The summed E-state index contributed by atoms with van der Waals surface area (Å²) >= 11 is 0. The quantitative estimate of drug-likeness (QED) is 0.680. The number of H-pyrrole nitrogens is 2. The predicted octanol–water partition coefficient (Wildman–Crippen LogP) is 2.36. The first-order chi connectivity index (χ1) is 9.74. The fraction of sp³-hybridized carbons (Fsp3) is 0.0714. The number of nitrogens with zero attached hydrogens (tertiary/aromatic N) is 2. The fourth-order valence-corrected chi connectivity index (χ4v) is 1.96. The third-order valence-corrected chi connectivity index (χ3v) is 3.01. The smallest absolute Gasteiger partial charge is 0.259 e. The van der Waals surface area contributed by atoms with Gasteiger partial charge in [-0.1, -0.05) is 12.1 Å². The van der Waals surface area contributed by atoms with Crippen LogP contribution in [0.4, 0.5) is 5.69 Å².